The van der Waals surface area contributed by atoms with Crippen LogP contribution in [0.5, 0.6) is 0 Å². The molecule has 2 aliphatic rings. The third-order valence-electron chi connectivity index (χ3n) is 5.08. The minimum absolute atomic E-state index is 0.0849. The number of aromatic nitrogens is 1. The summed E-state index contributed by atoms with van der Waals surface area (Å²) in [5, 5.41) is 4.23. The topological polar surface area (TPSA) is 122 Å². The number of amides is 1. The molecular formula is C18H19N3O4S. The molecule has 8 heteroatoms. The number of hydrogen-bond donors (Lipinski definition) is 3. The van der Waals surface area contributed by atoms with Crippen LogP contribution in [0.25, 0.3) is 10.9 Å². The Morgan fingerprint density at radius 2 is 2.00 bits per heavy atom. The molecule has 0 saturated heterocycles. The van der Waals surface area contributed by atoms with E-state index in [1.807, 2.05) is 12.1 Å². The highest BCUT2D eigenvalue weighted by atomic mass is 32.2. The summed E-state index contributed by atoms with van der Waals surface area (Å²) >= 11 is 0. The largest absolute Gasteiger partial charge is 0.398 e. The van der Waals surface area contributed by atoms with Crippen molar-refractivity contribution in [2.75, 3.05) is 11.5 Å². The molecule has 1 fully saturated rings. The zero-order chi connectivity index (χ0) is 18.5. The van der Waals surface area contributed by atoms with Crippen molar-refractivity contribution >= 4 is 32.3 Å². The summed E-state index contributed by atoms with van der Waals surface area (Å²) in [6.07, 6.45) is 4.84. The van der Waals surface area contributed by atoms with Crippen LogP contribution in [0.2, 0.25) is 0 Å². The maximum absolute atomic E-state index is 12.4. The van der Waals surface area contributed by atoms with Gasteiger partial charge in [0.05, 0.1) is 17.3 Å². The molecule has 1 aromatic carbocycles. The third kappa shape index (κ3) is 3.01. The van der Waals surface area contributed by atoms with Crippen LogP contribution >= 0.6 is 0 Å². The van der Waals surface area contributed by atoms with Crippen LogP contribution in [-0.2, 0) is 9.84 Å². The standard InChI is InChI=1S/C18H19N3O4S/c19-15-6-11(10-2-1-3-10)7-16-13(15)8-14(18(23)21-16)17(22)20-12-4-5-26(24,25)9-12/h4-8,10,12H,1-3,9,19H2,(H,20,22)(H,21,23)/t12-/m1/s1. The third-order valence-corrected chi connectivity index (χ3v) is 6.48. The van der Waals surface area contributed by atoms with Crippen LogP contribution in [0.3, 0.4) is 0 Å². The predicted octanol–water partition coefficient (Wildman–Crippen LogP) is 1.42. The van der Waals surface area contributed by atoms with Gasteiger partial charge in [-0.15, -0.1) is 0 Å². The number of nitrogen functional groups attached to an aromatic ring is 1. The Balaban J connectivity index is 1.66. The molecule has 7 nitrogen and oxygen atoms in total. The number of sulfone groups is 1. The summed E-state index contributed by atoms with van der Waals surface area (Å²) in [7, 11) is -3.29. The van der Waals surface area contributed by atoms with Crippen molar-refractivity contribution in [3.05, 3.63) is 51.2 Å². The average molecular weight is 373 g/mol. The summed E-state index contributed by atoms with van der Waals surface area (Å²) in [5.74, 6) is -0.344. The van der Waals surface area contributed by atoms with Gasteiger partial charge in [0.1, 0.15) is 5.56 Å². The second-order valence-electron chi connectivity index (χ2n) is 6.95. The van der Waals surface area contributed by atoms with E-state index >= 15 is 0 Å². The lowest BCUT2D eigenvalue weighted by atomic mass is 9.79. The molecule has 136 valence electrons. The molecule has 1 saturated carbocycles. The Hall–Kier alpha value is -2.61. The zero-order valence-electron chi connectivity index (χ0n) is 14.0. The second kappa shape index (κ2) is 5.98. The lowest BCUT2D eigenvalue weighted by molar-refractivity contribution is 0.0946. The zero-order valence-corrected chi connectivity index (χ0v) is 14.8. The van der Waals surface area contributed by atoms with Crippen LogP contribution in [0.15, 0.2) is 34.5 Å². The van der Waals surface area contributed by atoms with E-state index in [9.17, 15) is 18.0 Å². The van der Waals surface area contributed by atoms with Gasteiger partial charge >= 0.3 is 0 Å². The fourth-order valence-corrected chi connectivity index (χ4v) is 4.66. The maximum Gasteiger partial charge on any atom is 0.261 e. The Labute approximate surface area is 150 Å². The molecule has 26 heavy (non-hydrogen) atoms. The molecule has 2 heterocycles. The Morgan fingerprint density at radius 1 is 1.23 bits per heavy atom. The van der Waals surface area contributed by atoms with E-state index in [-0.39, 0.29) is 11.3 Å². The number of benzene rings is 1. The molecule has 4 rings (SSSR count). The van der Waals surface area contributed by atoms with Crippen molar-refractivity contribution in [3.63, 3.8) is 0 Å². The summed E-state index contributed by atoms with van der Waals surface area (Å²) in [6.45, 7) is 0. The first-order valence-corrected chi connectivity index (χ1v) is 10.2. The van der Waals surface area contributed by atoms with Gasteiger partial charge in [-0.2, -0.15) is 0 Å². The summed E-state index contributed by atoms with van der Waals surface area (Å²) < 4.78 is 22.9. The molecule has 0 radical (unpaired) electrons. The van der Waals surface area contributed by atoms with Crippen LogP contribution < -0.4 is 16.6 Å². The highest BCUT2D eigenvalue weighted by Crippen LogP contribution is 2.38. The summed E-state index contributed by atoms with van der Waals surface area (Å²) in [6, 6.07) is 4.65. The number of rotatable bonds is 3. The van der Waals surface area contributed by atoms with Crippen molar-refractivity contribution in [1.29, 1.82) is 0 Å². The number of hydrogen-bond acceptors (Lipinski definition) is 5. The molecule has 0 unspecified atom stereocenters. The minimum atomic E-state index is -3.29. The lowest BCUT2D eigenvalue weighted by Gasteiger charge is -2.26. The first-order valence-electron chi connectivity index (χ1n) is 8.51. The molecule has 1 aromatic heterocycles. The van der Waals surface area contributed by atoms with Crippen molar-refractivity contribution < 1.29 is 13.2 Å². The highest BCUT2D eigenvalue weighted by molar-refractivity contribution is 7.94. The van der Waals surface area contributed by atoms with Crippen LogP contribution in [-0.4, -0.2) is 31.1 Å². The van der Waals surface area contributed by atoms with Gasteiger partial charge in [-0.25, -0.2) is 8.42 Å². The molecule has 1 atom stereocenters. The molecule has 2 aromatic rings. The molecule has 1 aliphatic carbocycles. The van der Waals surface area contributed by atoms with E-state index in [2.05, 4.69) is 10.3 Å². The average Bonchev–Trinajstić information content (AvgIpc) is 2.83. The Bertz CT molecular complexity index is 1100. The predicted molar refractivity (Wildman–Crippen MR) is 99.8 cm³/mol. The molecule has 0 bridgehead atoms. The molecule has 1 amide bonds. The van der Waals surface area contributed by atoms with Crippen molar-refractivity contribution in [1.82, 2.24) is 10.3 Å². The molecule has 0 spiro atoms. The van der Waals surface area contributed by atoms with Gasteiger partial charge in [-0.3, -0.25) is 9.59 Å². The minimum Gasteiger partial charge on any atom is -0.398 e. The quantitative estimate of drug-likeness (QED) is 0.702. The number of aromatic amines is 1. The number of fused-ring (bicyclic) bond motifs is 1. The number of nitrogens with two attached hydrogens (primary N) is 1. The van der Waals surface area contributed by atoms with Gasteiger partial charge in [0.15, 0.2) is 9.84 Å². The summed E-state index contributed by atoms with van der Waals surface area (Å²) in [4.78, 5) is 27.5. The smallest absolute Gasteiger partial charge is 0.261 e. The number of anilines is 1. The molecule has 4 N–H and O–H groups in total. The van der Waals surface area contributed by atoms with Gasteiger partial charge < -0.3 is 16.0 Å². The number of carbonyl (C=O) groups excluding carboxylic acids is 1. The van der Waals surface area contributed by atoms with Crippen molar-refractivity contribution in [2.24, 2.45) is 0 Å². The molecule has 1 aliphatic heterocycles. The Morgan fingerprint density at radius 3 is 2.62 bits per heavy atom. The maximum atomic E-state index is 12.4. The van der Waals surface area contributed by atoms with Crippen LogP contribution in [0.1, 0.15) is 41.1 Å². The van der Waals surface area contributed by atoms with E-state index < -0.39 is 27.3 Å². The van der Waals surface area contributed by atoms with Crippen LogP contribution in [0.4, 0.5) is 5.69 Å². The van der Waals surface area contributed by atoms with Gasteiger partial charge in [0, 0.05) is 16.5 Å². The van der Waals surface area contributed by atoms with Crippen molar-refractivity contribution in [3.8, 4) is 0 Å². The van der Waals surface area contributed by atoms with E-state index in [1.54, 1.807) is 0 Å². The normalized spacial score (nSPS) is 21.6. The van der Waals surface area contributed by atoms with Crippen molar-refractivity contribution in [2.45, 2.75) is 31.2 Å². The second-order valence-corrected chi connectivity index (χ2v) is 8.88. The number of pyridine rings is 1. The van der Waals surface area contributed by atoms with E-state index in [4.69, 9.17) is 5.73 Å². The first kappa shape index (κ1) is 16.8. The fraction of sp³-hybridized carbons (Fsp3) is 0.333. The van der Waals surface area contributed by atoms with E-state index in [0.717, 1.165) is 23.8 Å². The SMILES string of the molecule is Nc1cc(C2CCC2)cc2[nH]c(=O)c(C(=O)N[C@@H]3C=CS(=O)(=O)C3)cc12. The number of carbonyl (C=O) groups is 1. The lowest BCUT2D eigenvalue weighted by Crippen LogP contribution is -2.38. The van der Waals surface area contributed by atoms with Gasteiger partial charge in [0.25, 0.3) is 11.5 Å². The number of nitrogens with one attached hydrogen (secondary N) is 2. The van der Waals surface area contributed by atoms with E-state index in [0.29, 0.717) is 22.5 Å². The monoisotopic (exact) mass is 373 g/mol. The van der Waals surface area contributed by atoms with Gasteiger partial charge in [-0.1, -0.05) is 6.42 Å². The fourth-order valence-electron chi connectivity index (χ4n) is 3.42. The highest BCUT2D eigenvalue weighted by Gasteiger charge is 2.25. The van der Waals surface area contributed by atoms with Crippen LogP contribution in [0, 0.1) is 0 Å². The van der Waals surface area contributed by atoms with E-state index in [1.165, 1.54) is 18.6 Å². The molecular weight excluding hydrogens is 354 g/mol. The Kier molecular flexibility index (Phi) is 3.87. The number of H-pyrrole nitrogens is 1. The first-order chi connectivity index (χ1) is 12.3. The van der Waals surface area contributed by atoms with Gasteiger partial charge in [-0.05, 0) is 48.6 Å². The summed E-state index contributed by atoms with van der Waals surface area (Å²) in [5.41, 5.74) is 7.77. The van der Waals surface area contributed by atoms with Gasteiger partial charge in [0.2, 0.25) is 0 Å².